The number of pyridine rings is 1. The van der Waals surface area contributed by atoms with Crippen LogP contribution in [0, 0.1) is 0 Å². The molecule has 1 rings (SSSR count). The minimum absolute atomic E-state index is 0.0726. The maximum atomic E-state index is 8.69. The molecule has 1 heterocycles. The molecule has 0 fully saturated rings. The van der Waals surface area contributed by atoms with Crippen LogP contribution < -0.4 is 11.5 Å². The molecule has 0 aliphatic carbocycles. The summed E-state index contributed by atoms with van der Waals surface area (Å²) in [6.45, 7) is 0.0726. The number of nitrogens with zero attached hydrogens (tertiary/aromatic N) is 1. The summed E-state index contributed by atoms with van der Waals surface area (Å²) < 4.78 is 0.735. The van der Waals surface area contributed by atoms with Crippen molar-refractivity contribution in [3.8, 4) is 0 Å². The Balaban J connectivity index is 2.84. The summed E-state index contributed by atoms with van der Waals surface area (Å²) >= 11 is 3.26. The van der Waals surface area contributed by atoms with Crippen LogP contribution >= 0.6 is 15.9 Å². The lowest BCUT2D eigenvalue weighted by atomic mass is 10.1. The van der Waals surface area contributed by atoms with E-state index < -0.39 is 0 Å². The molecule has 5 heteroatoms. The van der Waals surface area contributed by atoms with Gasteiger partial charge in [-0.05, 0) is 34.0 Å². The van der Waals surface area contributed by atoms with Crippen molar-refractivity contribution in [1.82, 2.24) is 4.98 Å². The molecule has 1 unspecified atom stereocenters. The van der Waals surface area contributed by atoms with Crippen LogP contribution in [0.15, 0.2) is 16.7 Å². The summed E-state index contributed by atoms with van der Waals surface area (Å²) in [7, 11) is 0. The molecular weight excluding hydrogens is 234 g/mol. The third-order valence-electron chi connectivity index (χ3n) is 1.76. The van der Waals surface area contributed by atoms with Crippen LogP contribution in [-0.2, 0) is 0 Å². The molecule has 0 spiro atoms. The second-order valence-electron chi connectivity index (χ2n) is 2.75. The summed E-state index contributed by atoms with van der Waals surface area (Å²) in [4.78, 5) is 3.95. The first kappa shape index (κ1) is 10.4. The molecule has 0 amide bonds. The van der Waals surface area contributed by atoms with Crippen molar-refractivity contribution >= 4 is 21.7 Å². The number of hydrogen-bond acceptors (Lipinski definition) is 4. The Morgan fingerprint density at radius 3 is 2.85 bits per heavy atom. The van der Waals surface area contributed by atoms with Gasteiger partial charge in [-0.2, -0.15) is 0 Å². The molecule has 0 saturated carbocycles. The zero-order valence-corrected chi connectivity index (χ0v) is 8.66. The first-order valence-corrected chi connectivity index (χ1v) is 4.71. The third kappa shape index (κ3) is 2.65. The van der Waals surface area contributed by atoms with Crippen LogP contribution in [0.3, 0.4) is 0 Å². The zero-order valence-electron chi connectivity index (χ0n) is 7.07. The fourth-order valence-corrected chi connectivity index (χ4v) is 1.34. The van der Waals surface area contributed by atoms with E-state index in [1.807, 2.05) is 6.07 Å². The normalized spacial score (nSPS) is 12.8. The van der Waals surface area contributed by atoms with Crippen LogP contribution in [0.5, 0.6) is 0 Å². The summed E-state index contributed by atoms with van der Waals surface area (Å²) in [5, 5.41) is 8.69. The first-order chi connectivity index (χ1) is 6.15. The molecule has 0 aliphatic rings. The van der Waals surface area contributed by atoms with E-state index in [0.29, 0.717) is 12.2 Å². The Hall–Kier alpha value is -0.650. The molecular formula is C8H12BrN3O. The lowest BCUT2D eigenvalue weighted by Crippen LogP contribution is -2.12. The third-order valence-corrected chi connectivity index (χ3v) is 2.39. The van der Waals surface area contributed by atoms with Crippen LogP contribution in [0.1, 0.15) is 18.0 Å². The van der Waals surface area contributed by atoms with Gasteiger partial charge in [0.05, 0.1) is 4.47 Å². The van der Waals surface area contributed by atoms with E-state index in [1.54, 1.807) is 6.20 Å². The van der Waals surface area contributed by atoms with Crippen molar-refractivity contribution in [3.05, 3.63) is 22.3 Å². The average Bonchev–Trinajstić information content (AvgIpc) is 2.10. The Morgan fingerprint density at radius 2 is 2.31 bits per heavy atom. The van der Waals surface area contributed by atoms with Crippen molar-refractivity contribution in [2.45, 2.75) is 12.5 Å². The summed E-state index contributed by atoms with van der Waals surface area (Å²) in [5.74, 6) is 0.444. The lowest BCUT2D eigenvalue weighted by Gasteiger charge is -2.10. The minimum Gasteiger partial charge on any atom is -0.396 e. The highest BCUT2D eigenvalue weighted by Crippen LogP contribution is 2.21. The predicted molar refractivity (Wildman–Crippen MR) is 55.0 cm³/mol. The standard InChI is InChI=1S/C8H12BrN3O/c9-6-3-5(4-12-8(6)11)7(10)1-2-13/h3-4,7,13H,1-2,10H2,(H2,11,12). The van der Waals surface area contributed by atoms with Crippen LogP contribution in [0.2, 0.25) is 0 Å². The molecule has 0 aliphatic heterocycles. The Bertz CT molecular complexity index is 293. The number of nitrogens with two attached hydrogens (primary N) is 2. The van der Waals surface area contributed by atoms with Gasteiger partial charge in [0, 0.05) is 18.8 Å². The Morgan fingerprint density at radius 1 is 1.62 bits per heavy atom. The molecule has 13 heavy (non-hydrogen) atoms. The van der Waals surface area contributed by atoms with Crippen LogP contribution in [-0.4, -0.2) is 16.7 Å². The average molecular weight is 246 g/mol. The van der Waals surface area contributed by atoms with Crippen molar-refractivity contribution < 1.29 is 5.11 Å². The number of aromatic nitrogens is 1. The molecule has 5 N–H and O–H groups in total. The van der Waals surface area contributed by atoms with Crippen molar-refractivity contribution in [3.63, 3.8) is 0 Å². The van der Waals surface area contributed by atoms with Crippen molar-refractivity contribution in [1.29, 1.82) is 0 Å². The molecule has 1 aromatic rings. The van der Waals surface area contributed by atoms with Gasteiger partial charge < -0.3 is 16.6 Å². The number of rotatable bonds is 3. The Kier molecular flexibility index (Phi) is 3.65. The van der Waals surface area contributed by atoms with Gasteiger partial charge in [0.25, 0.3) is 0 Å². The van der Waals surface area contributed by atoms with E-state index in [9.17, 15) is 0 Å². The van der Waals surface area contributed by atoms with Crippen molar-refractivity contribution in [2.75, 3.05) is 12.3 Å². The number of aliphatic hydroxyl groups is 1. The monoisotopic (exact) mass is 245 g/mol. The fraction of sp³-hybridized carbons (Fsp3) is 0.375. The van der Waals surface area contributed by atoms with E-state index in [2.05, 4.69) is 20.9 Å². The summed E-state index contributed by atoms with van der Waals surface area (Å²) in [5.41, 5.74) is 12.1. The largest absolute Gasteiger partial charge is 0.396 e. The predicted octanol–water partition coefficient (Wildman–Crippen LogP) is 0.809. The molecule has 72 valence electrons. The number of anilines is 1. The molecule has 0 aromatic carbocycles. The van der Waals surface area contributed by atoms with Gasteiger partial charge in [-0.25, -0.2) is 4.98 Å². The zero-order chi connectivity index (χ0) is 9.84. The Labute approximate surface area is 85.1 Å². The number of hydrogen-bond donors (Lipinski definition) is 3. The van der Waals surface area contributed by atoms with E-state index in [0.717, 1.165) is 10.0 Å². The van der Waals surface area contributed by atoms with Crippen LogP contribution in [0.25, 0.3) is 0 Å². The summed E-state index contributed by atoms with van der Waals surface area (Å²) in [6, 6.07) is 1.64. The molecule has 1 aromatic heterocycles. The highest BCUT2D eigenvalue weighted by Gasteiger charge is 2.07. The smallest absolute Gasteiger partial charge is 0.137 e. The SMILES string of the molecule is Nc1ncc(C(N)CCO)cc1Br. The lowest BCUT2D eigenvalue weighted by molar-refractivity contribution is 0.276. The van der Waals surface area contributed by atoms with Gasteiger partial charge in [0.2, 0.25) is 0 Å². The highest BCUT2D eigenvalue weighted by molar-refractivity contribution is 9.10. The molecule has 0 saturated heterocycles. The second-order valence-corrected chi connectivity index (χ2v) is 3.61. The highest BCUT2D eigenvalue weighted by atomic mass is 79.9. The fourth-order valence-electron chi connectivity index (χ4n) is 0.972. The molecule has 4 nitrogen and oxygen atoms in total. The molecule has 1 atom stereocenters. The van der Waals surface area contributed by atoms with Crippen LogP contribution in [0.4, 0.5) is 5.82 Å². The molecule has 0 radical (unpaired) electrons. The first-order valence-electron chi connectivity index (χ1n) is 3.92. The van der Waals surface area contributed by atoms with E-state index >= 15 is 0 Å². The topological polar surface area (TPSA) is 85.2 Å². The van der Waals surface area contributed by atoms with Gasteiger partial charge in [0.15, 0.2) is 0 Å². The van der Waals surface area contributed by atoms with Gasteiger partial charge in [-0.3, -0.25) is 0 Å². The van der Waals surface area contributed by atoms with Gasteiger partial charge in [-0.15, -0.1) is 0 Å². The van der Waals surface area contributed by atoms with E-state index in [-0.39, 0.29) is 12.6 Å². The van der Waals surface area contributed by atoms with E-state index in [1.165, 1.54) is 0 Å². The maximum Gasteiger partial charge on any atom is 0.137 e. The quantitative estimate of drug-likeness (QED) is 0.736. The van der Waals surface area contributed by atoms with Crippen molar-refractivity contribution in [2.24, 2.45) is 5.73 Å². The minimum atomic E-state index is -0.186. The number of halogens is 1. The molecule has 0 bridgehead atoms. The van der Waals surface area contributed by atoms with Gasteiger partial charge in [0.1, 0.15) is 5.82 Å². The maximum absolute atomic E-state index is 8.69. The van der Waals surface area contributed by atoms with Gasteiger partial charge >= 0.3 is 0 Å². The van der Waals surface area contributed by atoms with E-state index in [4.69, 9.17) is 16.6 Å². The number of aliphatic hydroxyl groups excluding tert-OH is 1. The number of nitrogen functional groups attached to an aromatic ring is 1. The summed E-state index contributed by atoms with van der Waals surface area (Å²) in [6.07, 6.45) is 2.15. The van der Waals surface area contributed by atoms with Gasteiger partial charge in [-0.1, -0.05) is 0 Å². The second kappa shape index (κ2) is 4.55.